The van der Waals surface area contributed by atoms with E-state index in [9.17, 15) is 9.50 Å². The number of benzene rings is 2. The summed E-state index contributed by atoms with van der Waals surface area (Å²) in [4.78, 5) is 13.8. The molecule has 4 rings (SSSR count). The van der Waals surface area contributed by atoms with Gasteiger partial charge in [0.2, 0.25) is 0 Å². The summed E-state index contributed by atoms with van der Waals surface area (Å²) in [5, 5.41) is 10.9. The zero-order chi connectivity index (χ0) is 19.7. The standard InChI is InChI=1S/C22H25FN4O/c1-26-11-5-6-15(13-26)14-27(2)22-18-12-16(23)9-10-19(18)24-21(25-22)17-7-3-4-8-20(17)28/h3-4,7-10,12,15,28H,5-6,11,13-14H2,1-2H3. The first-order valence-corrected chi connectivity index (χ1v) is 9.66. The predicted octanol–water partition coefficient (Wildman–Crippen LogP) is 3.92. The Hall–Kier alpha value is -2.73. The van der Waals surface area contributed by atoms with Gasteiger partial charge < -0.3 is 14.9 Å². The first-order valence-electron chi connectivity index (χ1n) is 9.66. The summed E-state index contributed by atoms with van der Waals surface area (Å²) in [7, 11) is 4.15. The van der Waals surface area contributed by atoms with E-state index in [1.54, 1.807) is 24.3 Å². The van der Waals surface area contributed by atoms with Crippen molar-refractivity contribution in [2.24, 2.45) is 5.92 Å². The number of likely N-dealkylation sites (tertiary alicyclic amines) is 1. The van der Waals surface area contributed by atoms with Crippen molar-refractivity contribution in [1.82, 2.24) is 14.9 Å². The van der Waals surface area contributed by atoms with Gasteiger partial charge >= 0.3 is 0 Å². The second kappa shape index (κ2) is 7.72. The minimum atomic E-state index is -0.307. The van der Waals surface area contributed by atoms with Crippen molar-refractivity contribution < 1.29 is 9.50 Å². The molecule has 0 bridgehead atoms. The number of halogens is 1. The topological polar surface area (TPSA) is 52.5 Å². The summed E-state index contributed by atoms with van der Waals surface area (Å²) >= 11 is 0. The van der Waals surface area contributed by atoms with Crippen LogP contribution in [0, 0.1) is 11.7 Å². The Balaban J connectivity index is 1.76. The van der Waals surface area contributed by atoms with Gasteiger partial charge in [0.15, 0.2) is 5.82 Å². The number of hydrogen-bond acceptors (Lipinski definition) is 5. The number of phenols is 1. The Labute approximate surface area is 164 Å². The highest BCUT2D eigenvalue weighted by Gasteiger charge is 2.21. The molecule has 6 heteroatoms. The molecule has 0 radical (unpaired) electrons. The highest BCUT2D eigenvalue weighted by molar-refractivity contribution is 5.91. The lowest BCUT2D eigenvalue weighted by atomic mass is 9.98. The first-order chi connectivity index (χ1) is 13.5. The van der Waals surface area contributed by atoms with E-state index < -0.39 is 0 Å². The Morgan fingerprint density at radius 1 is 1.21 bits per heavy atom. The van der Waals surface area contributed by atoms with Crippen LogP contribution in [0.25, 0.3) is 22.3 Å². The van der Waals surface area contributed by atoms with Gasteiger partial charge in [0.05, 0.1) is 11.1 Å². The highest BCUT2D eigenvalue weighted by Crippen LogP contribution is 2.32. The molecule has 1 aliphatic rings. The molecule has 2 aromatic carbocycles. The van der Waals surface area contributed by atoms with E-state index in [4.69, 9.17) is 4.98 Å². The molecule has 1 aromatic heterocycles. The second-order valence-corrected chi connectivity index (χ2v) is 7.70. The maximum absolute atomic E-state index is 14.0. The van der Waals surface area contributed by atoms with Gasteiger partial charge in [-0.1, -0.05) is 12.1 Å². The zero-order valence-corrected chi connectivity index (χ0v) is 16.3. The van der Waals surface area contributed by atoms with Crippen LogP contribution in [0.5, 0.6) is 5.75 Å². The lowest BCUT2D eigenvalue weighted by Crippen LogP contribution is -2.38. The van der Waals surface area contributed by atoms with Gasteiger partial charge in [0.1, 0.15) is 17.4 Å². The molecule has 2 heterocycles. The molecule has 1 N–H and O–H groups in total. The van der Waals surface area contributed by atoms with E-state index in [2.05, 4.69) is 21.8 Å². The van der Waals surface area contributed by atoms with Gasteiger partial charge in [-0.25, -0.2) is 14.4 Å². The van der Waals surface area contributed by atoms with E-state index in [0.717, 1.165) is 19.6 Å². The molecule has 5 nitrogen and oxygen atoms in total. The van der Waals surface area contributed by atoms with Gasteiger partial charge in [-0.15, -0.1) is 0 Å². The Morgan fingerprint density at radius 3 is 2.82 bits per heavy atom. The quantitative estimate of drug-likeness (QED) is 0.744. The third-order valence-corrected chi connectivity index (χ3v) is 5.40. The molecule has 1 saturated heterocycles. The molecule has 1 aliphatic heterocycles. The highest BCUT2D eigenvalue weighted by atomic mass is 19.1. The predicted molar refractivity (Wildman–Crippen MR) is 110 cm³/mol. The number of nitrogens with zero attached hydrogens (tertiary/aromatic N) is 4. The van der Waals surface area contributed by atoms with Crippen molar-refractivity contribution in [3.8, 4) is 17.1 Å². The number of phenolic OH excluding ortho intramolecular Hbond substituents is 1. The molecule has 0 amide bonds. The molecule has 1 fully saturated rings. The fraction of sp³-hybridized carbons (Fsp3) is 0.364. The van der Waals surface area contributed by atoms with Crippen LogP contribution in [0.4, 0.5) is 10.2 Å². The maximum atomic E-state index is 14.0. The molecule has 0 saturated carbocycles. The zero-order valence-electron chi connectivity index (χ0n) is 16.3. The maximum Gasteiger partial charge on any atom is 0.165 e. The molecule has 3 aromatic rings. The summed E-state index contributed by atoms with van der Waals surface area (Å²) in [6, 6.07) is 11.6. The van der Waals surface area contributed by atoms with Crippen molar-refractivity contribution in [2.45, 2.75) is 12.8 Å². The average molecular weight is 380 g/mol. The van der Waals surface area contributed by atoms with Crippen LogP contribution >= 0.6 is 0 Å². The number of piperidine rings is 1. The fourth-order valence-corrected chi connectivity index (χ4v) is 4.05. The number of fused-ring (bicyclic) bond motifs is 1. The summed E-state index contributed by atoms with van der Waals surface area (Å²) in [5.74, 6) is 1.50. The number of aromatic nitrogens is 2. The number of hydrogen-bond donors (Lipinski definition) is 1. The van der Waals surface area contributed by atoms with Crippen LogP contribution in [0.1, 0.15) is 12.8 Å². The number of anilines is 1. The van der Waals surface area contributed by atoms with Crippen LogP contribution in [0.3, 0.4) is 0 Å². The Morgan fingerprint density at radius 2 is 2.04 bits per heavy atom. The van der Waals surface area contributed by atoms with Crippen molar-refractivity contribution in [1.29, 1.82) is 0 Å². The van der Waals surface area contributed by atoms with Crippen molar-refractivity contribution in [3.63, 3.8) is 0 Å². The summed E-state index contributed by atoms with van der Waals surface area (Å²) < 4.78 is 14.0. The van der Waals surface area contributed by atoms with Gasteiger partial charge in [0, 0.05) is 25.5 Å². The molecule has 0 aliphatic carbocycles. The number of aromatic hydroxyl groups is 1. The lowest BCUT2D eigenvalue weighted by Gasteiger charge is -2.33. The van der Waals surface area contributed by atoms with Crippen LogP contribution in [0.15, 0.2) is 42.5 Å². The summed E-state index contributed by atoms with van der Waals surface area (Å²) in [6.45, 7) is 3.03. The largest absolute Gasteiger partial charge is 0.507 e. The fourth-order valence-electron chi connectivity index (χ4n) is 4.05. The lowest BCUT2D eigenvalue weighted by molar-refractivity contribution is 0.213. The van der Waals surface area contributed by atoms with E-state index in [0.29, 0.717) is 34.0 Å². The van der Waals surface area contributed by atoms with Crippen LogP contribution < -0.4 is 4.90 Å². The molecular formula is C22H25FN4O. The third-order valence-electron chi connectivity index (χ3n) is 5.40. The van der Waals surface area contributed by atoms with E-state index in [1.165, 1.54) is 25.0 Å². The van der Waals surface area contributed by atoms with E-state index in [1.807, 2.05) is 13.1 Å². The van der Waals surface area contributed by atoms with Gasteiger partial charge in [-0.3, -0.25) is 0 Å². The molecule has 146 valence electrons. The van der Waals surface area contributed by atoms with Crippen LogP contribution in [-0.4, -0.2) is 53.7 Å². The molecule has 1 unspecified atom stereocenters. The minimum absolute atomic E-state index is 0.131. The minimum Gasteiger partial charge on any atom is -0.507 e. The first kappa shape index (κ1) is 18.6. The normalized spacial score (nSPS) is 17.8. The molecular weight excluding hydrogens is 355 g/mol. The van der Waals surface area contributed by atoms with Gasteiger partial charge in [-0.2, -0.15) is 0 Å². The van der Waals surface area contributed by atoms with Crippen LogP contribution in [0.2, 0.25) is 0 Å². The van der Waals surface area contributed by atoms with Crippen molar-refractivity contribution >= 4 is 16.7 Å². The van der Waals surface area contributed by atoms with Gasteiger partial charge in [-0.05, 0) is 62.7 Å². The number of para-hydroxylation sites is 1. The monoisotopic (exact) mass is 380 g/mol. The summed E-state index contributed by atoms with van der Waals surface area (Å²) in [6.07, 6.45) is 2.37. The van der Waals surface area contributed by atoms with E-state index in [-0.39, 0.29) is 11.6 Å². The molecule has 28 heavy (non-hydrogen) atoms. The second-order valence-electron chi connectivity index (χ2n) is 7.70. The van der Waals surface area contributed by atoms with Gasteiger partial charge in [0.25, 0.3) is 0 Å². The Kier molecular flexibility index (Phi) is 5.13. The SMILES string of the molecule is CN1CCCC(CN(C)c2nc(-c3ccccc3O)nc3ccc(F)cc23)C1. The van der Waals surface area contributed by atoms with Crippen LogP contribution in [-0.2, 0) is 0 Å². The molecule has 0 spiro atoms. The van der Waals surface area contributed by atoms with Crippen molar-refractivity contribution in [3.05, 3.63) is 48.3 Å². The average Bonchev–Trinajstić information content (AvgIpc) is 2.67. The molecule has 1 atom stereocenters. The smallest absolute Gasteiger partial charge is 0.165 e. The van der Waals surface area contributed by atoms with E-state index >= 15 is 0 Å². The summed E-state index contributed by atoms with van der Waals surface area (Å²) in [5.41, 5.74) is 1.23. The third kappa shape index (κ3) is 3.78. The number of rotatable bonds is 4. The Bertz CT molecular complexity index is 993. The van der Waals surface area contributed by atoms with Crippen molar-refractivity contribution in [2.75, 3.05) is 38.6 Å².